The summed E-state index contributed by atoms with van der Waals surface area (Å²) in [7, 11) is 0. The predicted octanol–water partition coefficient (Wildman–Crippen LogP) is 3.84. The van der Waals surface area contributed by atoms with Crippen molar-refractivity contribution in [3.63, 3.8) is 0 Å². The monoisotopic (exact) mass is 484 g/mol. The lowest BCUT2D eigenvalue weighted by Gasteiger charge is -2.17. The van der Waals surface area contributed by atoms with Gasteiger partial charge in [0.05, 0.1) is 23.1 Å². The number of benzene rings is 2. The number of carboxylic acid groups (broad SMARTS) is 1. The fraction of sp³-hybridized carbons (Fsp3) is 0.211. The molecule has 1 aromatic heterocycles. The molecule has 2 amide bonds. The highest BCUT2D eigenvalue weighted by Gasteiger charge is 2.31. The number of aromatic nitrogens is 2. The zero-order valence-corrected chi connectivity index (χ0v) is 16.8. The first-order chi connectivity index (χ1) is 14.1. The van der Waals surface area contributed by atoms with Gasteiger partial charge in [0.15, 0.2) is 0 Å². The zero-order chi connectivity index (χ0) is 21.9. The van der Waals surface area contributed by atoms with Crippen LogP contribution in [0.4, 0.5) is 18.0 Å². The zero-order valence-electron chi connectivity index (χ0n) is 15.3. The Labute approximate surface area is 176 Å². The number of fused-ring (bicyclic) bond motifs is 1. The Morgan fingerprint density at radius 2 is 1.97 bits per heavy atom. The molecule has 3 rings (SSSR count). The molecule has 7 nitrogen and oxygen atoms in total. The van der Waals surface area contributed by atoms with E-state index in [1.807, 2.05) is 17.4 Å². The van der Waals surface area contributed by atoms with Gasteiger partial charge in [-0.15, -0.1) is 0 Å². The maximum Gasteiger partial charge on any atom is 0.416 e. The largest absolute Gasteiger partial charge is 0.465 e. The number of hydrogen-bond acceptors (Lipinski definition) is 3. The molecule has 1 unspecified atom stereocenters. The van der Waals surface area contributed by atoms with Gasteiger partial charge in [-0.2, -0.15) is 13.2 Å². The van der Waals surface area contributed by atoms with E-state index in [0.29, 0.717) is 11.3 Å². The molecule has 1 heterocycles. The third-order valence-electron chi connectivity index (χ3n) is 4.23. The Morgan fingerprint density at radius 1 is 1.20 bits per heavy atom. The third kappa shape index (κ3) is 5.50. The molecule has 0 aliphatic heterocycles. The number of imidazole rings is 1. The van der Waals surface area contributed by atoms with Gasteiger partial charge in [0.2, 0.25) is 5.91 Å². The number of carbonyl (C=O) groups is 2. The van der Waals surface area contributed by atoms with Crippen LogP contribution in [0.1, 0.15) is 17.0 Å². The summed E-state index contributed by atoms with van der Waals surface area (Å²) in [6.07, 6.45) is -6.24. The van der Waals surface area contributed by atoms with Crippen molar-refractivity contribution < 1.29 is 27.9 Å². The van der Waals surface area contributed by atoms with Gasteiger partial charge in [0.25, 0.3) is 0 Å². The molecule has 0 aliphatic carbocycles. The second kappa shape index (κ2) is 8.74. The number of nitrogens with zero attached hydrogens (tertiary/aromatic N) is 1. The number of hydrogen-bond donors (Lipinski definition) is 4. The molecule has 0 fully saturated rings. The van der Waals surface area contributed by atoms with Crippen molar-refractivity contribution in [3.05, 3.63) is 63.9 Å². The highest BCUT2D eigenvalue weighted by molar-refractivity contribution is 9.10. The smallest absolute Gasteiger partial charge is 0.416 e. The van der Waals surface area contributed by atoms with E-state index in [1.54, 1.807) is 6.07 Å². The number of halogens is 4. The summed E-state index contributed by atoms with van der Waals surface area (Å²) < 4.78 is 39.5. The Kier molecular flexibility index (Phi) is 6.30. The molecule has 30 heavy (non-hydrogen) atoms. The first-order valence-electron chi connectivity index (χ1n) is 8.69. The lowest BCUT2D eigenvalue weighted by atomic mass is 10.0. The second-order valence-corrected chi connectivity index (χ2v) is 7.38. The minimum absolute atomic E-state index is 0.00841. The first kappa shape index (κ1) is 21.6. The Balaban J connectivity index is 1.71. The highest BCUT2D eigenvalue weighted by Crippen LogP contribution is 2.29. The minimum atomic E-state index is -4.54. The van der Waals surface area contributed by atoms with Crippen LogP contribution in [0, 0.1) is 0 Å². The molecule has 0 aliphatic rings. The van der Waals surface area contributed by atoms with E-state index >= 15 is 0 Å². The van der Waals surface area contributed by atoms with Crippen LogP contribution in [0.5, 0.6) is 0 Å². The minimum Gasteiger partial charge on any atom is -0.465 e. The Bertz CT molecular complexity index is 1080. The van der Waals surface area contributed by atoms with Crippen molar-refractivity contribution in [2.24, 2.45) is 0 Å². The molecule has 1 atom stereocenters. The number of aromatic amines is 1. The van der Waals surface area contributed by atoms with E-state index in [-0.39, 0.29) is 18.5 Å². The molecule has 0 bridgehead atoms. The van der Waals surface area contributed by atoms with E-state index in [2.05, 4.69) is 31.2 Å². The van der Waals surface area contributed by atoms with Gasteiger partial charge in [-0.05, 0) is 29.8 Å². The highest BCUT2D eigenvalue weighted by atomic mass is 79.9. The van der Waals surface area contributed by atoms with Crippen molar-refractivity contribution in [2.75, 3.05) is 0 Å². The van der Waals surface area contributed by atoms with Gasteiger partial charge in [-0.1, -0.05) is 34.1 Å². The lowest BCUT2D eigenvalue weighted by molar-refractivity contribution is -0.137. The van der Waals surface area contributed by atoms with Gasteiger partial charge in [0, 0.05) is 10.9 Å². The van der Waals surface area contributed by atoms with Gasteiger partial charge < -0.3 is 20.7 Å². The summed E-state index contributed by atoms with van der Waals surface area (Å²) in [5, 5.41) is 13.6. The maximum atomic E-state index is 12.9. The molecule has 0 saturated carbocycles. The summed E-state index contributed by atoms with van der Waals surface area (Å²) >= 11 is 3.34. The van der Waals surface area contributed by atoms with Gasteiger partial charge in [0.1, 0.15) is 11.9 Å². The maximum absolute atomic E-state index is 12.9. The standard InChI is InChI=1S/C19H16BrF3N4O3/c20-12-4-5-13-14(8-12)26-16(25-13)9-24-17(28)15(27-18(29)30)7-10-2-1-3-11(6-10)19(21,22)23/h1-6,8,15,27H,7,9H2,(H,24,28)(H,25,26)(H,29,30). The quantitative estimate of drug-likeness (QED) is 0.426. The van der Waals surface area contributed by atoms with E-state index in [9.17, 15) is 22.8 Å². The number of alkyl halides is 3. The summed E-state index contributed by atoms with van der Waals surface area (Å²) in [4.78, 5) is 30.9. The van der Waals surface area contributed by atoms with E-state index in [4.69, 9.17) is 5.11 Å². The molecule has 0 spiro atoms. The fourth-order valence-corrected chi connectivity index (χ4v) is 3.24. The van der Waals surface area contributed by atoms with Crippen LogP contribution in [-0.4, -0.2) is 33.1 Å². The molecular weight excluding hydrogens is 469 g/mol. The Morgan fingerprint density at radius 3 is 2.67 bits per heavy atom. The summed E-state index contributed by atoms with van der Waals surface area (Å²) in [6, 6.07) is 8.54. The SMILES string of the molecule is O=C(O)NC(Cc1cccc(C(F)(F)F)c1)C(=O)NCc1nc2ccc(Br)cc2[nH]1. The third-order valence-corrected chi connectivity index (χ3v) is 4.72. The molecule has 0 saturated heterocycles. The first-order valence-corrected chi connectivity index (χ1v) is 9.48. The number of H-pyrrole nitrogens is 1. The number of nitrogens with one attached hydrogen (secondary N) is 3. The van der Waals surface area contributed by atoms with Gasteiger partial charge in [-0.25, -0.2) is 9.78 Å². The predicted molar refractivity (Wildman–Crippen MR) is 106 cm³/mol. The molecule has 4 N–H and O–H groups in total. The second-order valence-electron chi connectivity index (χ2n) is 6.47. The van der Waals surface area contributed by atoms with Crippen LogP contribution in [0.3, 0.4) is 0 Å². The molecule has 158 valence electrons. The topological polar surface area (TPSA) is 107 Å². The van der Waals surface area contributed by atoms with E-state index in [0.717, 1.165) is 22.1 Å². The molecule has 11 heteroatoms. The number of rotatable bonds is 6. The van der Waals surface area contributed by atoms with Crippen molar-refractivity contribution in [2.45, 2.75) is 25.2 Å². The van der Waals surface area contributed by atoms with Gasteiger partial charge in [-0.3, -0.25) is 4.79 Å². The Hall–Kier alpha value is -3.08. The van der Waals surface area contributed by atoms with Crippen LogP contribution in [0.25, 0.3) is 11.0 Å². The summed E-state index contributed by atoms with van der Waals surface area (Å²) in [5.74, 6) is -0.235. The molecule has 3 aromatic rings. The normalized spacial score (nSPS) is 12.5. The fourth-order valence-electron chi connectivity index (χ4n) is 2.88. The number of amides is 2. The lowest BCUT2D eigenvalue weighted by Crippen LogP contribution is -2.47. The van der Waals surface area contributed by atoms with Crippen molar-refractivity contribution in [1.29, 1.82) is 0 Å². The van der Waals surface area contributed by atoms with Crippen LogP contribution >= 0.6 is 15.9 Å². The molecular formula is C19H16BrF3N4O3. The number of carbonyl (C=O) groups excluding carboxylic acids is 1. The van der Waals surface area contributed by atoms with Crippen molar-refractivity contribution >= 4 is 39.0 Å². The van der Waals surface area contributed by atoms with Crippen molar-refractivity contribution in [3.8, 4) is 0 Å². The van der Waals surface area contributed by atoms with Crippen LogP contribution < -0.4 is 10.6 Å². The molecule has 2 aromatic carbocycles. The van der Waals surface area contributed by atoms with Crippen LogP contribution in [0.15, 0.2) is 46.9 Å². The van der Waals surface area contributed by atoms with Crippen LogP contribution in [-0.2, 0) is 23.9 Å². The molecule has 0 radical (unpaired) electrons. The van der Waals surface area contributed by atoms with E-state index < -0.39 is 29.8 Å². The van der Waals surface area contributed by atoms with Crippen LogP contribution in [0.2, 0.25) is 0 Å². The van der Waals surface area contributed by atoms with Crippen molar-refractivity contribution in [1.82, 2.24) is 20.6 Å². The van der Waals surface area contributed by atoms with E-state index in [1.165, 1.54) is 12.1 Å². The average Bonchev–Trinajstić information content (AvgIpc) is 3.06. The average molecular weight is 485 g/mol. The summed E-state index contributed by atoms with van der Waals surface area (Å²) in [5.41, 5.74) is 0.736. The summed E-state index contributed by atoms with van der Waals surface area (Å²) in [6.45, 7) is -0.00841. The van der Waals surface area contributed by atoms with Gasteiger partial charge >= 0.3 is 12.3 Å².